The van der Waals surface area contributed by atoms with Gasteiger partial charge in [-0.25, -0.2) is 0 Å². The Morgan fingerprint density at radius 1 is 0.667 bits per heavy atom. The highest BCUT2D eigenvalue weighted by Gasteiger charge is 2.41. The van der Waals surface area contributed by atoms with Crippen molar-refractivity contribution in [3.05, 3.63) is 115 Å². The lowest BCUT2D eigenvalue weighted by atomic mass is 10.3. The van der Waals surface area contributed by atoms with Gasteiger partial charge in [-0.3, -0.25) is 0 Å². The number of hydrogen-bond acceptors (Lipinski definition) is 0. The van der Waals surface area contributed by atoms with Gasteiger partial charge in [0.25, 0.3) is 0 Å². The van der Waals surface area contributed by atoms with Crippen molar-refractivity contribution in [1.82, 2.24) is 0 Å². The molecule has 0 saturated carbocycles. The first-order valence-corrected chi connectivity index (χ1v) is 10.3. The van der Waals surface area contributed by atoms with Crippen molar-refractivity contribution < 1.29 is 0 Å². The largest absolute Gasteiger partial charge is 0.179 e. The van der Waals surface area contributed by atoms with Crippen LogP contribution >= 0.6 is 0 Å². The predicted molar refractivity (Wildman–Crippen MR) is 108 cm³/mol. The maximum absolute atomic E-state index is 4.14. The Hall–Kier alpha value is -2.64. The van der Waals surface area contributed by atoms with Crippen molar-refractivity contribution in [3.8, 4) is 0 Å². The third-order valence-electron chi connectivity index (χ3n) is 4.58. The first-order chi connectivity index (χ1) is 11.8. The summed E-state index contributed by atoms with van der Waals surface area (Å²) in [4.78, 5) is 0. The summed E-state index contributed by atoms with van der Waals surface area (Å²) in [6.07, 6.45) is 4.27. The molecular weight excluding hydrogens is 304 g/mol. The van der Waals surface area contributed by atoms with Crippen LogP contribution in [-0.2, 0) is 0 Å². The molecular formula is C23H22Si. The molecule has 0 saturated heterocycles. The van der Waals surface area contributed by atoms with Crippen LogP contribution in [0.3, 0.4) is 0 Å². The quantitative estimate of drug-likeness (QED) is 0.380. The fourth-order valence-corrected chi connectivity index (χ4v) is 8.37. The summed E-state index contributed by atoms with van der Waals surface area (Å²) >= 11 is 0. The van der Waals surface area contributed by atoms with E-state index in [1.807, 2.05) is 6.08 Å². The molecule has 0 radical (unpaired) electrons. The Morgan fingerprint density at radius 3 is 1.25 bits per heavy atom. The molecule has 0 fully saturated rings. The normalized spacial score (nSPS) is 12.0. The first-order valence-electron chi connectivity index (χ1n) is 8.29. The fourth-order valence-electron chi connectivity index (χ4n) is 3.55. The molecule has 0 nitrogen and oxygen atoms in total. The topological polar surface area (TPSA) is 0 Å². The van der Waals surface area contributed by atoms with Crippen molar-refractivity contribution in [1.29, 1.82) is 0 Å². The Labute approximate surface area is 145 Å². The van der Waals surface area contributed by atoms with Crippen LogP contribution in [0, 0.1) is 0 Å². The van der Waals surface area contributed by atoms with Crippen LogP contribution in [0.2, 0.25) is 0 Å². The van der Waals surface area contributed by atoms with Crippen LogP contribution in [0.4, 0.5) is 0 Å². The van der Waals surface area contributed by atoms with Gasteiger partial charge in [-0.2, -0.15) is 0 Å². The molecule has 0 unspecified atom stereocenters. The minimum Gasteiger partial charge on any atom is -0.0992 e. The van der Waals surface area contributed by atoms with Gasteiger partial charge in [0.05, 0.1) is 0 Å². The summed E-state index contributed by atoms with van der Waals surface area (Å²) in [7, 11) is -2.31. The number of hydrogen-bond donors (Lipinski definition) is 0. The minimum absolute atomic E-state index is 1.33. The Bertz CT molecular complexity index is 721. The van der Waals surface area contributed by atoms with Crippen molar-refractivity contribution in [2.24, 2.45) is 0 Å². The standard InChI is InChI=1S/C23H22Si/c1-3-20(4-2)24(21-14-8-5-9-15-21,22-16-10-6-11-17-22)23-18-12-7-13-19-23/h3-19H,1H2,2H3/b20-4+. The van der Waals surface area contributed by atoms with Crippen molar-refractivity contribution in [2.45, 2.75) is 6.92 Å². The van der Waals surface area contributed by atoms with Crippen LogP contribution in [0.15, 0.2) is 115 Å². The van der Waals surface area contributed by atoms with Gasteiger partial charge in [-0.1, -0.05) is 115 Å². The molecule has 0 aliphatic carbocycles. The Morgan fingerprint density at radius 2 is 1.00 bits per heavy atom. The van der Waals surface area contributed by atoms with Crippen molar-refractivity contribution in [3.63, 3.8) is 0 Å². The van der Waals surface area contributed by atoms with Crippen LogP contribution in [0.1, 0.15) is 6.92 Å². The number of allylic oxidation sites excluding steroid dienone is 3. The summed E-state index contributed by atoms with van der Waals surface area (Å²) in [5, 5.41) is 5.48. The monoisotopic (exact) mass is 326 g/mol. The van der Waals surface area contributed by atoms with Gasteiger partial charge >= 0.3 is 0 Å². The molecule has 3 rings (SSSR count). The van der Waals surface area contributed by atoms with Gasteiger partial charge in [-0.05, 0) is 22.5 Å². The molecule has 3 aromatic carbocycles. The summed E-state index contributed by atoms with van der Waals surface area (Å²) in [5.74, 6) is 0. The molecule has 0 amide bonds. The van der Waals surface area contributed by atoms with E-state index in [4.69, 9.17) is 0 Å². The van der Waals surface area contributed by atoms with Crippen molar-refractivity contribution in [2.75, 3.05) is 0 Å². The molecule has 0 atom stereocenters. The lowest BCUT2D eigenvalue weighted by Crippen LogP contribution is -2.68. The van der Waals surface area contributed by atoms with Gasteiger partial charge in [0, 0.05) is 0 Å². The van der Waals surface area contributed by atoms with Crippen LogP contribution in [-0.4, -0.2) is 8.07 Å². The fraction of sp³-hybridized carbons (Fsp3) is 0.0435. The molecule has 3 aromatic rings. The third kappa shape index (κ3) is 2.68. The molecule has 0 spiro atoms. The van der Waals surface area contributed by atoms with Crippen molar-refractivity contribution >= 4 is 23.6 Å². The summed E-state index contributed by atoms with van der Waals surface area (Å²) in [5.41, 5.74) is 0. The SMILES string of the molecule is C=C/C(=C\C)[Si](c1ccccc1)(c1ccccc1)c1ccccc1. The maximum atomic E-state index is 4.14. The van der Waals surface area contributed by atoms with E-state index >= 15 is 0 Å². The first kappa shape index (κ1) is 16.2. The highest BCUT2D eigenvalue weighted by Crippen LogP contribution is 2.18. The molecule has 0 aliphatic heterocycles. The van der Waals surface area contributed by atoms with E-state index in [-0.39, 0.29) is 0 Å². The van der Waals surface area contributed by atoms with E-state index in [9.17, 15) is 0 Å². The number of benzene rings is 3. The Kier molecular flexibility index (Phi) is 4.92. The second kappa shape index (κ2) is 7.29. The zero-order valence-corrected chi connectivity index (χ0v) is 15.0. The van der Waals surface area contributed by atoms with Gasteiger partial charge in [0.15, 0.2) is 8.07 Å². The summed E-state index contributed by atoms with van der Waals surface area (Å²) in [6.45, 7) is 6.26. The zero-order valence-electron chi connectivity index (χ0n) is 14.0. The molecule has 1 heteroatoms. The third-order valence-corrected chi connectivity index (χ3v) is 9.54. The predicted octanol–water partition coefficient (Wildman–Crippen LogP) is 3.83. The molecule has 118 valence electrons. The second-order valence-corrected chi connectivity index (χ2v) is 9.61. The van der Waals surface area contributed by atoms with Gasteiger partial charge < -0.3 is 0 Å². The molecule has 0 N–H and O–H groups in total. The molecule has 0 heterocycles. The van der Waals surface area contributed by atoms with Gasteiger partial charge in [0.1, 0.15) is 0 Å². The van der Waals surface area contributed by atoms with E-state index in [0.29, 0.717) is 0 Å². The van der Waals surface area contributed by atoms with E-state index < -0.39 is 8.07 Å². The van der Waals surface area contributed by atoms with E-state index in [1.54, 1.807) is 0 Å². The number of rotatable bonds is 5. The second-order valence-electron chi connectivity index (χ2n) is 5.80. The highest BCUT2D eigenvalue weighted by atomic mass is 28.3. The van der Waals surface area contributed by atoms with Crippen LogP contribution in [0.25, 0.3) is 0 Å². The lowest BCUT2D eigenvalue weighted by Gasteiger charge is -2.35. The molecule has 0 aliphatic rings. The Balaban J connectivity index is 2.44. The average molecular weight is 327 g/mol. The lowest BCUT2D eigenvalue weighted by molar-refractivity contribution is 1.61. The minimum atomic E-state index is -2.31. The van der Waals surface area contributed by atoms with E-state index in [1.165, 1.54) is 20.8 Å². The maximum Gasteiger partial charge on any atom is 0.179 e. The highest BCUT2D eigenvalue weighted by molar-refractivity contribution is 7.16. The van der Waals surface area contributed by atoms with Gasteiger partial charge in [0.2, 0.25) is 0 Å². The van der Waals surface area contributed by atoms with Crippen LogP contribution < -0.4 is 15.6 Å². The summed E-state index contributed by atoms with van der Waals surface area (Å²) in [6, 6.07) is 32.7. The average Bonchev–Trinajstić information content (AvgIpc) is 2.68. The molecule has 24 heavy (non-hydrogen) atoms. The van der Waals surface area contributed by atoms with Gasteiger partial charge in [-0.15, -0.1) is 0 Å². The zero-order chi connectivity index (χ0) is 16.8. The van der Waals surface area contributed by atoms with E-state index in [2.05, 4.69) is 111 Å². The smallest absolute Gasteiger partial charge is 0.0992 e. The summed E-state index contributed by atoms with van der Waals surface area (Å²) < 4.78 is 0. The molecule has 0 bridgehead atoms. The molecule has 0 aromatic heterocycles. The van der Waals surface area contributed by atoms with Crippen LogP contribution in [0.5, 0.6) is 0 Å². The van der Waals surface area contributed by atoms with E-state index in [0.717, 1.165) is 0 Å².